The van der Waals surface area contributed by atoms with Crippen molar-refractivity contribution in [1.29, 1.82) is 0 Å². The smallest absolute Gasteiger partial charge is 0.0544 e. The van der Waals surface area contributed by atoms with Crippen LogP contribution in [0, 0.1) is 0 Å². The Bertz CT molecular complexity index is 58.4. The number of rotatable bonds is 8. The highest BCUT2D eigenvalue weighted by atomic mass is 13.9. The topological polar surface area (TPSA) is 0 Å². The van der Waals surface area contributed by atoms with Crippen molar-refractivity contribution in [3.05, 3.63) is 0 Å². The van der Waals surface area contributed by atoms with Gasteiger partial charge in [-0.2, -0.15) is 0 Å². The Kier molecular flexibility index (Phi) is 10.4. The van der Waals surface area contributed by atoms with Crippen LogP contribution in [0.15, 0.2) is 0 Å². The highest BCUT2D eigenvalue weighted by Crippen LogP contribution is 2.06. The molecule has 0 aliphatic rings. The van der Waals surface area contributed by atoms with Crippen LogP contribution in [-0.2, 0) is 0 Å². The van der Waals surface area contributed by atoms with Gasteiger partial charge in [-0.15, -0.1) is 0 Å². The standard InChI is InChI=1S/C8H17B3/c1-2-3-4-5-6-7-8-10-11-9/h2-8H2,1H3. The molecule has 0 spiro atoms. The van der Waals surface area contributed by atoms with Gasteiger partial charge < -0.3 is 0 Å². The van der Waals surface area contributed by atoms with Gasteiger partial charge in [-0.25, -0.2) is 0 Å². The molecular formula is C8H17B3. The molecule has 0 saturated carbocycles. The Labute approximate surface area is 74.4 Å². The van der Waals surface area contributed by atoms with E-state index in [1.807, 2.05) is 7.17 Å². The maximum absolute atomic E-state index is 5.21. The van der Waals surface area contributed by atoms with Crippen molar-refractivity contribution in [2.24, 2.45) is 0 Å². The molecule has 3 heteroatoms. The molecule has 0 rings (SSSR count). The maximum atomic E-state index is 5.21. The van der Waals surface area contributed by atoms with Crippen LogP contribution in [0.3, 0.4) is 0 Å². The average Bonchev–Trinajstić information content (AvgIpc) is 2.03. The molecule has 0 aliphatic carbocycles. The summed E-state index contributed by atoms with van der Waals surface area (Å²) in [6.07, 6.45) is 9.36. The van der Waals surface area contributed by atoms with Crippen molar-refractivity contribution >= 4 is 22.0 Å². The summed E-state index contributed by atoms with van der Waals surface area (Å²) in [4.78, 5) is 0. The van der Waals surface area contributed by atoms with Gasteiger partial charge in [0, 0.05) is 14.8 Å². The molecule has 0 aromatic carbocycles. The second-order valence-corrected chi connectivity index (χ2v) is 2.98. The molecular weight excluding hydrogens is 129 g/mol. The predicted octanol–water partition coefficient (Wildman–Crippen LogP) is 2.17. The molecule has 0 fully saturated rings. The Balaban J connectivity index is 2.69. The summed E-state index contributed by atoms with van der Waals surface area (Å²) in [7, 11) is 8.90. The number of hydrogen-bond acceptors (Lipinski definition) is 0. The third-order valence-corrected chi connectivity index (χ3v) is 1.86. The SMILES string of the molecule is [B][B][B]CCCCCCCC. The van der Waals surface area contributed by atoms with Crippen molar-refractivity contribution in [1.82, 2.24) is 0 Å². The Morgan fingerprint density at radius 3 is 2.27 bits per heavy atom. The van der Waals surface area contributed by atoms with Crippen molar-refractivity contribution in [3.63, 3.8) is 0 Å². The lowest BCUT2D eigenvalue weighted by Crippen LogP contribution is -2.01. The van der Waals surface area contributed by atoms with Crippen molar-refractivity contribution in [2.75, 3.05) is 0 Å². The fraction of sp³-hybridized carbons (Fsp3) is 1.00. The van der Waals surface area contributed by atoms with E-state index in [9.17, 15) is 0 Å². The van der Waals surface area contributed by atoms with E-state index in [0.717, 1.165) is 6.32 Å². The van der Waals surface area contributed by atoms with E-state index < -0.39 is 0 Å². The summed E-state index contributed by atoms with van der Waals surface area (Å²) in [5, 5.41) is 0. The van der Waals surface area contributed by atoms with E-state index >= 15 is 0 Å². The van der Waals surface area contributed by atoms with Crippen LogP contribution in [0.25, 0.3) is 0 Å². The highest BCUT2D eigenvalue weighted by molar-refractivity contribution is 7.23. The van der Waals surface area contributed by atoms with E-state index in [4.69, 9.17) is 7.74 Å². The molecule has 0 amide bonds. The molecule has 0 aliphatic heterocycles. The zero-order valence-electron chi connectivity index (χ0n) is 7.68. The Morgan fingerprint density at radius 1 is 1.00 bits per heavy atom. The lowest BCUT2D eigenvalue weighted by Gasteiger charge is -1.98. The van der Waals surface area contributed by atoms with Crippen LogP contribution < -0.4 is 0 Å². The monoisotopic (exact) mass is 146 g/mol. The largest absolute Gasteiger partial charge is 0.0895 e. The first kappa shape index (κ1) is 11.2. The molecule has 0 unspecified atom stereocenters. The minimum absolute atomic E-state index is 1.16. The van der Waals surface area contributed by atoms with Gasteiger partial charge in [0.05, 0.1) is 7.17 Å². The predicted molar refractivity (Wildman–Crippen MR) is 55.4 cm³/mol. The molecule has 0 heterocycles. The van der Waals surface area contributed by atoms with Crippen LogP contribution in [0.1, 0.15) is 45.4 Å². The van der Waals surface area contributed by atoms with E-state index in [-0.39, 0.29) is 0 Å². The summed E-state index contributed by atoms with van der Waals surface area (Å²) in [5.41, 5.74) is 0. The summed E-state index contributed by atoms with van der Waals surface area (Å²) >= 11 is 0. The molecule has 0 N–H and O–H groups in total. The number of hydrogen-bond donors (Lipinski definition) is 0. The van der Waals surface area contributed by atoms with Crippen LogP contribution in [0.5, 0.6) is 0 Å². The van der Waals surface area contributed by atoms with Crippen LogP contribution >= 0.6 is 0 Å². The molecule has 4 radical (unpaired) electrons. The van der Waals surface area contributed by atoms with Gasteiger partial charge in [0.2, 0.25) is 0 Å². The van der Waals surface area contributed by atoms with Crippen molar-refractivity contribution in [3.8, 4) is 0 Å². The lowest BCUT2D eigenvalue weighted by atomic mass is 9.27. The zero-order chi connectivity index (χ0) is 8.36. The summed E-state index contributed by atoms with van der Waals surface area (Å²) in [5.74, 6) is 0. The number of unbranched alkanes of at least 4 members (excludes halogenated alkanes) is 5. The van der Waals surface area contributed by atoms with Gasteiger partial charge in [-0.1, -0.05) is 51.8 Å². The average molecular weight is 146 g/mol. The first-order chi connectivity index (χ1) is 5.41. The molecule has 58 valence electrons. The van der Waals surface area contributed by atoms with Crippen molar-refractivity contribution < 1.29 is 0 Å². The first-order valence-corrected chi connectivity index (χ1v) is 4.78. The van der Waals surface area contributed by atoms with Gasteiger partial charge in [0.25, 0.3) is 0 Å². The molecule has 0 saturated heterocycles. The second-order valence-electron chi connectivity index (χ2n) is 2.98. The van der Waals surface area contributed by atoms with Crippen LogP contribution in [0.2, 0.25) is 6.32 Å². The van der Waals surface area contributed by atoms with Gasteiger partial charge in [-0.05, 0) is 0 Å². The normalized spacial score (nSPS) is 9.55. The van der Waals surface area contributed by atoms with E-state index in [1.165, 1.54) is 38.5 Å². The third-order valence-electron chi connectivity index (χ3n) is 1.86. The Hall–Kier alpha value is 0.195. The lowest BCUT2D eigenvalue weighted by molar-refractivity contribution is 0.624. The molecule has 0 nitrogen and oxygen atoms in total. The van der Waals surface area contributed by atoms with Gasteiger partial charge in [-0.3, -0.25) is 0 Å². The fourth-order valence-electron chi connectivity index (χ4n) is 1.14. The molecule has 0 bridgehead atoms. The molecule has 11 heavy (non-hydrogen) atoms. The quantitative estimate of drug-likeness (QED) is 0.363. The molecule has 0 atom stereocenters. The summed E-state index contributed by atoms with van der Waals surface area (Å²) in [6, 6.07) is 0. The van der Waals surface area contributed by atoms with Gasteiger partial charge in [0.1, 0.15) is 0 Å². The fourth-order valence-corrected chi connectivity index (χ4v) is 1.14. The van der Waals surface area contributed by atoms with Crippen LogP contribution in [0.4, 0.5) is 0 Å². The minimum atomic E-state index is 1.16. The molecule has 0 aromatic heterocycles. The second kappa shape index (κ2) is 10.2. The van der Waals surface area contributed by atoms with Crippen molar-refractivity contribution in [2.45, 2.75) is 51.8 Å². The zero-order valence-corrected chi connectivity index (χ0v) is 7.68. The summed E-state index contributed by atoms with van der Waals surface area (Å²) in [6.45, 7) is 2.25. The minimum Gasteiger partial charge on any atom is -0.0895 e. The summed E-state index contributed by atoms with van der Waals surface area (Å²) < 4.78 is 0. The molecule has 0 aromatic rings. The maximum Gasteiger partial charge on any atom is 0.0544 e. The Morgan fingerprint density at radius 2 is 1.64 bits per heavy atom. The van der Waals surface area contributed by atoms with E-state index in [1.54, 1.807) is 7.06 Å². The van der Waals surface area contributed by atoms with Crippen LogP contribution in [-0.4, -0.2) is 22.0 Å². The third kappa shape index (κ3) is 10.2. The van der Waals surface area contributed by atoms with Gasteiger partial charge in [0.15, 0.2) is 0 Å². The highest BCUT2D eigenvalue weighted by Gasteiger charge is 1.89. The first-order valence-electron chi connectivity index (χ1n) is 4.78. The van der Waals surface area contributed by atoms with E-state index in [0.29, 0.717) is 0 Å². The van der Waals surface area contributed by atoms with Gasteiger partial charge >= 0.3 is 0 Å². The van der Waals surface area contributed by atoms with E-state index in [2.05, 4.69) is 6.92 Å².